The van der Waals surface area contributed by atoms with E-state index in [2.05, 4.69) is 5.32 Å². The van der Waals surface area contributed by atoms with E-state index in [4.69, 9.17) is 9.47 Å². The van der Waals surface area contributed by atoms with Crippen molar-refractivity contribution in [1.29, 1.82) is 0 Å². The summed E-state index contributed by atoms with van der Waals surface area (Å²) in [6.45, 7) is -0.727. The minimum atomic E-state index is -1.35. The van der Waals surface area contributed by atoms with E-state index in [1.54, 1.807) is 36.4 Å². The predicted octanol–water partition coefficient (Wildman–Crippen LogP) is 2.33. The first-order chi connectivity index (χ1) is 12.5. The number of aliphatic hydroxyl groups excluding tert-OH is 1. The van der Waals surface area contributed by atoms with Crippen LogP contribution in [0.3, 0.4) is 0 Å². The van der Waals surface area contributed by atoms with Crippen LogP contribution in [0.1, 0.15) is 10.4 Å². The quantitative estimate of drug-likeness (QED) is 0.492. The maximum atomic E-state index is 12.6. The normalized spacial score (nSPS) is 11.3. The number of aliphatic carboxylic acids is 1. The molecule has 0 atom stereocenters. The van der Waals surface area contributed by atoms with Crippen LogP contribution >= 0.6 is 0 Å². The topological polar surface area (TPSA) is 105 Å². The number of hydrogen-bond donors (Lipinski definition) is 3. The number of nitrogens with one attached hydrogen (secondary N) is 1. The number of ether oxygens (including phenoxy) is 2. The van der Waals surface area contributed by atoms with Crippen LogP contribution in [0, 0.1) is 0 Å². The van der Waals surface area contributed by atoms with Crippen LogP contribution in [0.5, 0.6) is 11.5 Å². The Balaban J connectivity index is 2.37. The number of carboxylic acid groups (broad SMARTS) is 1. The van der Waals surface area contributed by atoms with Crippen LogP contribution < -0.4 is 14.8 Å². The van der Waals surface area contributed by atoms with Crippen molar-refractivity contribution in [1.82, 2.24) is 0 Å². The third kappa shape index (κ3) is 4.40. The van der Waals surface area contributed by atoms with Crippen LogP contribution in [0.25, 0.3) is 0 Å². The summed E-state index contributed by atoms with van der Waals surface area (Å²) in [5.41, 5.74) is 0.0405. The lowest BCUT2D eigenvalue weighted by Gasteiger charge is -2.13. The lowest BCUT2D eigenvalue weighted by Crippen LogP contribution is -2.20. The van der Waals surface area contributed by atoms with Crippen LogP contribution in [0.15, 0.2) is 59.8 Å². The molecule has 0 saturated carbocycles. The van der Waals surface area contributed by atoms with E-state index < -0.39 is 24.1 Å². The first kappa shape index (κ1) is 19.0. The Kier molecular flexibility index (Phi) is 6.35. The van der Waals surface area contributed by atoms with Crippen molar-refractivity contribution in [2.45, 2.75) is 0 Å². The number of benzene rings is 2. The molecule has 2 aromatic rings. The van der Waals surface area contributed by atoms with Gasteiger partial charge in [-0.3, -0.25) is 4.79 Å². The number of carbonyl (C=O) groups is 2. The standard InChI is InChI=1S/C19H19NO6/c1-25-14-7-3-12(4-8-14)18(22)16(11-21)17(19(23)24)20-13-5-9-15(26-2)10-6-13/h3-10,20-21H,11H2,1-2H3,(H,23,24)/b17-16-. The molecule has 0 unspecified atom stereocenters. The molecule has 2 rings (SSSR count). The number of ketones is 1. The smallest absolute Gasteiger partial charge is 0.352 e. The SMILES string of the molecule is COc1ccc(N/C(C(=O)O)=C(/CO)C(=O)c2ccc(OC)cc2)cc1. The maximum absolute atomic E-state index is 12.6. The molecule has 0 saturated heterocycles. The van der Waals surface area contributed by atoms with E-state index in [0.717, 1.165) is 0 Å². The second-order valence-electron chi connectivity index (χ2n) is 5.23. The van der Waals surface area contributed by atoms with Crippen LogP contribution in [0.4, 0.5) is 5.69 Å². The Morgan fingerprint density at radius 2 is 1.42 bits per heavy atom. The zero-order chi connectivity index (χ0) is 19.1. The number of methoxy groups -OCH3 is 2. The van der Waals surface area contributed by atoms with Gasteiger partial charge in [0.05, 0.1) is 26.4 Å². The molecule has 0 amide bonds. The van der Waals surface area contributed by atoms with Crippen molar-refractivity contribution >= 4 is 17.4 Å². The molecular formula is C19H19NO6. The van der Waals surface area contributed by atoms with E-state index in [1.807, 2.05) is 0 Å². The molecule has 0 spiro atoms. The number of aliphatic hydroxyl groups is 1. The summed E-state index contributed by atoms with van der Waals surface area (Å²) in [6.07, 6.45) is 0. The Labute approximate surface area is 150 Å². The molecule has 26 heavy (non-hydrogen) atoms. The zero-order valence-electron chi connectivity index (χ0n) is 14.4. The van der Waals surface area contributed by atoms with Crippen molar-refractivity contribution in [2.24, 2.45) is 0 Å². The number of Topliss-reactive ketones (excluding diaryl/α,β-unsaturated/α-hetero) is 1. The van der Waals surface area contributed by atoms with Gasteiger partial charge < -0.3 is 25.0 Å². The van der Waals surface area contributed by atoms with Crippen molar-refractivity contribution < 1.29 is 29.3 Å². The number of carbonyl (C=O) groups excluding carboxylic acids is 1. The molecule has 3 N–H and O–H groups in total. The summed E-state index contributed by atoms with van der Waals surface area (Å²) >= 11 is 0. The highest BCUT2D eigenvalue weighted by molar-refractivity contribution is 6.13. The third-order valence-electron chi connectivity index (χ3n) is 3.66. The minimum absolute atomic E-state index is 0.241. The van der Waals surface area contributed by atoms with Crippen molar-refractivity contribution in [2.75, 3.05) is 26.1 Å². The fourth-order valence-corrected chi connectivity index (χ4v) is 2.26. The van der Waals surface area contributed by atoms with Gasteiger partial charge in [0.15, 0.2) is 5.78 Å². The molecule has 7 nitrogen and oxygen atoms in total. The van der Waals surface area contributed by atoms with Crippen molar-refractivity contribution in [3.05, 3.63) is 65.4 Å². The first-order valence-corrected chi connectivity index (χ1v) is 7.67. The minimum Gasteiger partial charge on any atom is -0.497 e. The van der Waals surface area contributed by atoms with Gasteiger partial charge in [0.25, 0.3) is 0 Å². The van der Waals surface area contributed by atoms with Crippen molar-refractivity contribution in [3.8, 4) is 11.5 Å². The number of anilines is 1. The summed E-state index contributed by atoms with van der Waals surface area (Å²) in [6, 6.07) is 12.7. The van der Waals surface area contributed by atoms with Crippen LogP contribution in [0.2, 0.25) is 0 Å². The Morgan fingerprint density at radius 1 is 0.923 bits per heavy atom. The summed E-state index contributed by atoms with van der Waals surface area (Å²) in [5, 5.41) is 21.8. The Morgan fingerprint density at radius 3 is 1.85 bits per heavy atom. The third-order valence-corrected chi connectivity index (χ3v) is 3.66. The molecule has 0 radical (unpaired) electrons. The second kappa shape index (κ2) is 8.68. The molecule has 0 aliphatic carbocycles. The fraction of sp³-hybridized carbons (Fsp3) is 0.158. The Bertz CT molecular complexity index is 809. The zero-order valence-corrected chi connectivity index (χ0v) is 14.4. The van der Waals surface area contributed by atoms with E-state index in [9.17, 15) is 19.8 Å². The van der Waals surface area contributed by atoms with E-state index in [-0.39, 0.29) is 11.1 Å². The number of carboxylic acids is 1. The molecule has 0 fully saturated rings. The molecule has 7 heteroatoms. The monoisotopic (exact) mass is 357 g/mol. The largest absolute Gasteiger partial charge is 0.497 e. The second-order valence-corrected chi connectivity index (χ2v) is 5.23. The first-order valence-electron chi connectivity index (χ1n) is 7.67. The predicted molar refractivity (Wildman–Crippen MR) is 95.7 cm³/mol. The van der Waals surface area contributed by atoms with Gasteiger partial charge in [-0.15, -0.1) is 0 Å². The van der Waals surface area contributed by atoms with Gasteiger partial charge in [0, 0.05) is 11.3 Å². The average Bonchev–Trinajstić information content (AvgIpc) is 2.68. The summed E-state index contributed by atoms with van der Waals surface area (Å²) in [7, 11) is 3.01. The molecule has 0 aliphatic heterocycles. The molecule has 0 aliphatic rings. The number of rotatable bonds is 8. The Hall–Kier alpha value is -3.32. The summed E-state index contributed by atoms with van der Waals surface area (Å²) in [5.74, 6) is -0.778. The highest BCUT2D eigenvalue weighted by atomic mass is 16.5. The van der Waals surface area contributed by atoms with Crippen LogP contribution in [-0.4, -0.2) is 42.8 Å². The van der Waals surface area contributed by atoms with Crippen molar-refractivity contribution in [3.63, 3.8) is 0 Å². The molecule has 2 aromatic carbocycles. The molecule has 0 bridgehead atoms. The van der Waals surface area contributed by atoms with Gasteiger partial charge in [0.1, 0.15) is 17.2 Å². The lowest BCUT2D eigenvalue weighted by molar-refractivity contribution is -0.132. The van der Waals surface area contributed by atoms with Gasteiger partial charge in [-0.25, -0.2) is 4.79 Å². The van der Waals surface area contributed by atoms with Gasteiger partial charge in [-0.05, 0) is 48.5 Å². The van der Waals surface area contributed by atoms with E-state index >= 15 is 0 Å². The highest BCUT2D eigenvalue weighted by Gasteiger charge is 2.22. The molecule has 0 aromatic heterocycles. The average molecular weight is 357 g/mol. The summed E-state index contributed by atoms with van der Waals surface area (Å²) < 4.78 is 10.1. The van der Waals surface area contributed by atoms with Gasteiger partial charge in [-0.1, -0.05) is 0 Å². The number of hydrogen-bond acceptors (Lipinski definition) is 6. The summed E-state index contributed by atoms with van der Waals surface area (Å²) in [4.78, 5) is 24.3. The maximum Gasteiger partial charge on any atom is 0.352 e. The molecule has 0 heterocycles. The van der Waals surface area contributed by atoms with Gasteiger partial charge in [-0.2, -0.15) is 0 Å². The van der Waals surface area contributed by atoms with E-state index in [0.29, 0.717) is 17.2 Å². The molecular weight excluding hydrogens is 338 g/mol. The fourth-order valence-electron chi connectivity index (χ4n) is 2.26. The molecule has 136 valence electrons. The van der Waals surface area contributed by atoms with E-state index in [1.165, 1.54) is 26.4 Å². The van der Waals surface area contributed by atoms with Crippen LogP contribution in [-0.2, 0) is 4.79 Å². The lowest BCUT2D eigenvalue weighted by atomic mass is 10.0. The van der Waals surface area contributed by atoms with Gasteiger partial charge >= 0.3 is 5.97 Å². The highest BCUT2D eigenvalue weighted by Crippen LogP contribution is 2.20. The van der Waals surface area contributed by atoms with Gasteiger partial charge in [0.2, 0.25) is 0 Å².